The smallest absolute Gasteiger partial charge is 0.145 e. The van der Waals surface area contributed by atoms with E-state index in [1.165, 1.54) is 44.3 Å². The molecule has 0 radical (unpaired) electrons. The molecule has 2 fully saturated rings. The third kappa shape index (κ3) is 4.20. The van der Waals surface area contributed by atoms with Crippen LogP contribution in [0, 0.1) is 0 Å². The van der Waals surface area contributed by atoms with Crippen molar-refractivity contribution in [2.24, 2.45) is 0 Å². The minimum Gasteiger partial charge on any atom is -0.455 e. The molecular weight excluding hydrogens is 310 g/mol. The van der Waals surface area contributed by atoms with Crippen molar-refractivity contribution in [3.63, 3.8) is 0 Å². The fraction of sp³-hybridized carbons (Fsp3) is 0.476. The molecule has 4 nitrogen and oxygen atoms in total. The fourth-order valence-corrected chi connectivity index (χ4v) is 4.07. The van der Waals surface area contributed by atoms with Crippen molar-refractivity contribution in [2.45, 2.75) is 38.3 Å². The minimum absolute atomic E-state index is 0.793. The maximum atomic E-state index is 6.05. The van der Waals surface area contributed by atoms with Gasteiger partial charge < -0.3 is 4.74 Å². The van der Waals surface area contributed by atoms with Gasteiger partial charge in [-0.2, -0.15) is 0 Å². The van der Waals surface area contributed by atoms with Crippen LogP contribution < -0.4 is 4.74 Å². The van der Waals surface area contributed by atoms with Crippen LogP contribution in [0.3, 0.4) is 0 Å². The lowest BCUT2D eigenvalue weighted by molar-refractivity contribution is 0.0933. The van der Waals surface area contributed by atoms with Gasteiger partial charge in [0.1, 0.15) is 11.5 Å². The van der Waals surface area contributed by atoms with E-state index in [4.69, 9.17) is 4.74 Å². The molecule has 25 heavy (non-hydrogen) atoms. The third-order valence-electron chi connectivity index (χ3n) is 5.48. The second-order valence-corrected chi connectivity index (χ2v) is 7.15. The molecule has 2 aliphatic rings. The summed E-state index contributed by atoms with van der Waals surface area (Å²) in [6.07, 6.45) is 9.18. The van der Waals surface area contributed by atoms with Crippen LogP contribution in [0.25, 0.3) is 0 Å². The zero-order chi connectivity index (χ0) is 16.9. The van der Waals surface area contributed by atoms with Gasteiger partial charge in [-0.05, 0) is 31.0 Å². The van der Waals surface area contributed by atoms with Crippen molar-refractivity contribution >= 4 is 0 Å². The highest BCUT2D eigenvalue weighted by Gasteiger charge is 2.26. The van der Waals surface area contributed by atoms with E-state index in [1.54, 1.807) is 12.4 Å². The Hall–Kier alpha value is -1.91. The topological polar surface area (TPSA) is 28.6 Å². The van der Waals surface area contributed by atoms with Crippen LogP contribution in [0.15, 0.2) is 48.8 Å². The minimum atomic E-state index is 0.793. The Morgan fingerprint density at radius 1 is 0.960 bits per heavy atom. The van der Waals surface area contributed by atoms with Crippen LogP contribution in [0.5, 0.6) is 11.5 Å². The molecule has 1 aliphatic heterocycles. The quantitative estimate of drug-likeness (QED) is 0.826. The van der Waals surface area contributed by atoms with Crippen LogP contribution in [0.1, 0.15) is 31.2 Å². The molecular formula is C21H27N3O. The molecule has 0 spiro atoms. The van der Waals surface area contributed by atoms with Gasteiger partial charge in [0.15, 0.2) is 0 Å². The van der Waals surface area contributed by atoms with Gasteiger partial charge in [0.25, 0.3) is 0 Å². The van der Waals surface area contributed by atoms with Gasteiger partial charge in [0.2, 0.25) is 0 Å². The molecule has 1 aromatic carbocycles. The molecule has 132 valence electrons. The highest BCUT2D eigenvalue weighted by atomic mass is 16.5. The third-order valence-corrected chi connectivity index (χ3v) is 5.48. The summed E-state index contributed by atoms with van der Waals surface area (Å²) in [5, 5.41) is 0. The molecule has 0 bridgehead atoms. The van der Waals surface area contributed by atoms with Gasteiger partial charge in [-0.25, -0.2) is 0 Å². The van der Waals surface area contributed by atoms with Crippen LogP contribution in [0.4, 0.5) is 0 Å². The zero-order valence-corrected chi connectivity index (χ0v) is 14.8. The van der Waals surface area contributed by atoms with Crippen LogP contribution in [-0.2, 0) is 6.54 Å². The first-order chi connectivity index (χ1) is 12.4. The van der Waals surface area contributed by atoms with E-state index in [0.29, 0.717) is 0 Å². The van der Waals surface area contributed by atoms with Gasteiger partial charge >= 0.3 is 0 Å². The second-order valence-electron chi connectivity index (χ2n) is 7.15. The van der Waals surface area contributed by atoms with Gasteiger partial charge in [0.05, 0.1) is 6.20 Å². The average molecular weight is 337 g/mol. The van der Waals surface area contributed by atoms with E-state index in [1.807, 2.05) is 18.2 Å². The van der Waals surface area contributed by atoms with Crippen molar-refractivity contribution in [3.05, 3.63) is 54.4 Å². The summed E-state index contributed by atoms with van der Waals surface area (Å²) in [5.41, 5.74) is 1.25. The number of rotatable bonds is 5. The van der Waals surface area contributed by atoms with Crippen molar-refractivity contribution < 1.29 is 4.74 Å². The molecule has 1 aliphatic carbocycles. The number of nitrogens with zero attached hydrogens (tertiary/aromatic N) is 3. The molecule has 0 amide bonds. The molecule has 0 atom stereocenters. The zero-order valence-electron chi connectivity index (χ0n) is 14.8. The highest BCUT2D eigenvalue weighted by Crippen LogP contribution is 2.27. The molecule has 4 heteroatoms. The Morgan fingerprint density at radius 2 is 1.76 bits per heavy atom. The van der Waals surface area contributed by atoms with Crippen LogP contribution >= 0.6 is 0 Å². The number of ether oxygens (including phenoxy) is 1. The fourth-order valence-electron chi connectivity index (χ4n) is 4.07. The Balaban J connectivity index is 1.37. The van der Waals surface area contributed by atoms with Gasteiger partial charge in [0, 0.05) is 50.5 Å². The predicted molar refractivity (Wildman–Crippen MR) is 99.9 cm³/mol. The molecule has 0 N–H and O–H groups in total. The Morgan fingerprint density at radius 3 is 2.52 bits per heavy atom. The van der Waals surface area contributed by atoms with E-state index < -0.39 is 0 Å². The molecule has 1 saturated heterocycles. The Labute approximate surface area is 150 Å². The average Bonchev–Trinajstić information content (AvgIpc) is 3.20. The number of para-hydroxylation sites is 1. The highest BCUT2D eigenvalue weighted by molar-refractivity contribution is 5.37. The van der Waals surface area contributed by atoms with Crippen LogP contribution in [0.2, 0.25) is 0 Å². The SMILES string of the molecule is c1cncc(Oc2ccccc2CN2CCN(C3CCCC3)CC2)c1. The van der Waals surface area contributed by atoms with Crippen molar-refractivity contribution in [2.75, 3.05) is 26.2 Å². The maximum absolute atomic E-state index is 6.05. The van der Waals surface area contributed by atoms with Crippen molar-refractivity contribution in [3.8, 4) is 11.5 Å². The monoisotopic (exact) mass is 337 g/mol. The van der Waals surface area contributed by atoms with E-state index >= 15 is 0 Å². The number of aromatic nitrogens is 1. The number of piperazine rings is 1. The van der Waals surface area contributed by atoms with Gasteiger partial charge in [-0.1, -0.05) is 31.0 Å². The number of hydrogen-bond donors (Lipinski definition) is 0. The maximum Gasteiger partial charge on any atom is 0.145 e. The first-order valence-electron chi connectivity index (χ1n) is 9.51. The summed E-state index contributed by atoms with van der Waals surface area (Å²) in [7, 11) is 0. The summed E-state index contributed by atoms with van der Waals surface area (Å²) in [6.45, 7) is 5.66. The molecule has 0 unspecified atom stereocenters. The standard InChI is InChI=1S/C21H27N3O/c1-4-10-21(25-20-9-5-11-22-16-20)18(6-1)17-23-12-14-24(15-13-23)19-7-2-3-8-19/h1,4-6,9-11,16,19H,2-3,7-8,12-15,17H2. The van der Waals surface area contributed by atoms with Crippen molar-refractivity contribution in [1.29, 1.82) is 0 Å². The number of hydrogen-bond acceptors (Lipinski definition) is 4. The number of pyridine rings is 1. The lowest BCUT2D eigenvalue weighted by Crippen LogP contribution is -2.49. The van der Waals surface area contributed by atoms with E-state index in [0.717, 1.165) is 37.2 Å². The first kappa shape index (κ1) is 16.6. The summed E-state index contributed by atoms with van der Waals surface area (Å²) in [5.74, 6) is 1.73. The predicted octanol–water partition coefficient (Wildman–Crippen LogP) is 3.93. The first-order valence-corrected chi connectivity index (χ1v) is 9.51. The molecule has 1 saturated carbocycles. The normalized spacial score (nSPS) is 20.0. The lowest BCUT2D eigenvalue weighted by Gasteiger charge is -2.38. The Bertz CT molecular complexity index is 662. The summed E-state index contributed by atoms with van der Waals surface area (Å²) in [4.78, 5) is 9.39. The Kier molecular flexibility index (Phi) is 5.28. The van der Waals surface area contributed by atoms with E-state index in [-0.39, 0.29) is 0 Å². The van der Waals surface area contributed by atoms with Gasteiger partial charge in [-0.3, -0.25) is 14.8 Å². The van der Waals surface area contributed by atoms with E-state index in [2.05, 4.69) is 33.0 Å². The molecule has 1 aromatic heterocycles. The second kappa shape index (κ2) is 7.98. The molecule has 2 aromatic rings. The largest absolute Gasteiger partial charge is 0.455 e. The number of benzene rings is 1. The summed E-state index contributed by atoms with van der Waals surface area (Å²) in [6, 6.07) is 13.1. The van der Waals surface area contributed by atoms with Crippen LogP contribution in [-0.4, -0.2) is 47.0 Å². The van der Waals surface area contributed by atoms with Gasteiger partial charge in [-0.15, -0.1) is 0 Å². The lowest BCUT2D eigenvalue weighted by atomic mass is 10.1. The summed E-state index contributed by atoms with van der Waals surface area (Å²) >= 11 is 0. The molecule has 2 heterocycles. The van der Waals surface area contributed by atoms with E-state index in [9.17, 15) is 0 Å². The summed E-state index contributed by atoms with van der Waals surface area (Å²) < 4.78 is 6.05. The molecule has 4 rings (SSSR count). The van der Waals surface area contributed by atoms with Crippen molar-refractivity contribution in [1.82, 2.24) is 14.8 Å².